The molecule has 15 nitrogen and oxygen atoms in total. The summed E-state index contributed by atoms with van der Waals surface area (Å²) in [6, 6.07) is 22.1. The average molecular weight is 903 g/mol. The number of ether oxygens (including phenoxy) is 2. The number of likely N-dealkylation sites (tertiary alicyclic amines) is 1. The van der Waals surface area contributed by atoms with Crippen molar-refractivity contribution >= 4 is 71.7 Å². The normalized spacial score (nSPS) is 22.1. The van der Waals surface area contributed by atoms with Crippen LogP contribution in [0.15, 0.2) is 101 Å². The summed E-state index contributed by atoms with van der Waals surface area (Å²) in [7, 11) is -2.78. The van der Waals surface area contributed by atoms with Crippen LogP contribution in [0.25, 0.3) is 33.2 Å². The van der Waals surface area contributed by atoms with E-state index in [2.05, 4.69) is 25.7 Å². The van der Waals surface area contributed by atoms with Crippen LogP contribution in [0.3, 0.4) is 0 Å². The zero-order chi connectivity index (χ0) is 44.6. The highest BCUT2D eigenvalue weighted by atomic mass is 32.2. The number of fused-ring (bicyclic) bond motifs is 4. The Bertz CT molecular complexity index is 2860. The Kier molecular flexibility index (Phi) is 11.8. The number of thiazole rings is 1. The van der Waals surface area contributed by atoms with Gasteiger partial charge in [0.05, 0.1) is 30.6 Å². The summed E-state index contributed by atoms with van der Waals surface area (Å²) in [5, 5.41) is 13.7. The quantitative estimate of drug-likeness (QED) is 0.0917. The molecule has 2 fully saturated rings. The lowest BCUT2D eigenvalue weighted by Gasteiger charge is -2.26. The molecular weight excluding hydrogens is 853 g/mol. The maximum Gasteiger partial charge on any atom is 0.271 e. The number of methoxy groups -OCH3 is 1. The number of rotatable bonds is 9. The Labute approximate surface area is 375 Å². The van der Waals surface area contributed by atoms with Gasteiger partial charge in [-0.05, 0) is 75.9 Å². The molecule has 1 saturated heterocycles. The highest BCUT2D eigenvalue weighted by Gasteiger charge is 2.61. The number of nitrogens with one attached hydrogen (secondary N) is 5. The van der Waals surface area contributed by atoms with Crippen LogP contribution in [0.4, 0.5) is 10.8 Å². The van der Waals surface area contributed by atoms with Gasteiger partial charge in [0.1, 0.15) is 45.5 Å². The van der Waals surface area contributed by atoms with E-state index in [1.165, 1.54) is 22.3 Å². The number of H-pyrrole nitrogens is 1. The van der Waals surface area contributed by atoms with E-state index in [-0.39, 0.29) is 36.0 Å². The van der Waals surface area contributed by atoms with E-state index in [1.54, 1.807) is 31.4 Å². The van der Waals surface area contributed by atoms with E-state index in [9.17, 15) is 22.8 Å². The fourth-order valence-corrected chi connectivity index (χ4v) is 10.6. The van der Waals surface area contributed by atoms with Crippen LogP contribution in [0, 0.1) is 5.92 Å². The molecule has 1 aliphatic carbocycles. The molecule has 1 saturated carbocycles. The average Bonchev–Trinajstić information content (AvgIpc) is 3.64. The molecule has 5 heterocycles. The minimum atomic E-state index is -4.36. The molecule has 0 radical (unpaired) electrons. The third-order valence-electron chi connectivity index (χ3n) is 11.9. The van der Waals surface area contributed by atoms with Crippen molar-refractivity contribution < 1.29 is 32.3 Å². The van der Waals surface area contributed by atoms with Crippen molar-refractivity contribution in [1.29, 1.82) is 0 Å². The Hall–Kier alpha value is -6.46. The van der Waals surface area contributed by atoms with Gasteiger partial charge in [0.15, 0.2) is 5.13 Å². The van der Waals surface area contributed by atoms with Crippen molar-refractivity contribution in [3.05, 3.63) is 102 Å². The van der Waals surface area contributed by atoms with Crippen LogP contribution in [0.2, 0.25) is 0 Å². The number of anilines is 2. The van der Waals surface area contributed by atoms with Crippen LogP contribution >= 0.6 is 11.3 Å². The number of nitrogens with zero attached hydrogens (tertiary/aromatic N) is 3. The first-order valence-electron chi connectivity index (χ1n) is 21.6. The van der Waals surface area contributed by atoms with Crippen molar-refractivity contribution in [1.82, 2.24) is 29.9 Å². The van der Waals surface area contributed by atoms with Crippen LogP contribution < -0.4 is 30.1 Å². The number of sulfonamides is 1. The van der Waals surface area contributed by atoms with Crippen LogP contribution in [-0.2, 0) is 19.6 Å². The number of para-hydroxylation sites is 2. The number of hydrogen-bond donors (Lipinski definition) is 5. The zero-order valence-electron chi connectivity index (χ0n) is 35.7. The third kappa shape index (κ3) is 8.73. The van der Waals surface area contributed by atoms with E-state index in [1.807, 2.05) is 79.9 Å². The largest absolute Gasteiger partial charge is 0.497 e. The summed E-state index contributed by atoms with van der Waals surface area (Å²) < 4.78 is 42.4. The molecule has 64 heavy (non-hydrogen) atoms. The number of allylic oxidation sites excluding steroid dienone is 1. The van der Waals surface area contributed by atoms with Gasteiger partial charge < -0.3 is 35.3 Å². The maximum absolute atomic E-state index is 14.8. The van der Waals surface area contributed by atoms with E-state index in [0.29, 0.717) is 46.0 Å². The highest BCUT2D eigenvalue weighted by Crippen LogP contribution is 2.46. The summed E-state index contributed by atoms with van der Waals surface area (Å²) >= 11 is 1.47. The Balaban J connectivity index is 1.04. The first-order valence-corrected chi connectivity index (χ1v) is 23.9. The molecule has 17 heteroatoms. The van der Waals surface area contributed by atoms with Gasteiger partial charge in [-0.15, -0.1) is 11.3 Å². The molecule has 3 aliphatic rings. The Morgan fingerprint density at radius 2 is 1.81 bits per heavy atom. The summed E-state index contributed by atoms with van der Waals surface area (Å²) in [5.74, 6) is -1.27. The lowest BCUT2D eigenvalue weighted by atomic mass is 10.1. The number of pyridine rings is 1. The number of carbonyl (C=O) groups is 3. The SMILES string of the molecule is COc1ccc2c(O[C@@H]3C[C@@H](C(=O)N[C@]45C[C@H]4C=CCCCCCNc4ccccc4S(=O)(=O)NC5=O)N(C(=O)c4cc5ccccc5[nH]4)C3)cc(-c3csc(NC(C)C)n3)nc2c1. The molecule has 332 valence electrons. The van der Waals surface area contributed by atoms with E-state index >= 15 is 0 Å². The molecule has 3 aromatic carbocycles. The van der Waals surface area contributed by atoms with Crippen LogP contribution in [0.1, 0.15) is 62.9 Å². The van der Waals surface area contributed by atoms with Crippen LogP contribution in [0.5, 0.6) is 11.5 Å². The van der Waals surface area contributed by atoms with E-state index in [0.717, 1.165) is 41.7 Å². The van der Waals surface area contributed by atoms with Crippen molar-refractivity contribution in [2.75, 3.05) is 30.8 Å². The molecule has 3 aromatic heterocycles. The second-order valence-corrected chi connectivity index (χ2v) is 19.4. The van der Waals surface area contributed by atoms with E-state index in [4.69, 9.17) is 19.4 Å². The fraction of sp³-hybridized carbons (Fsp3) is 0.340. The van der Waals surface area contributed by atoms with Gasteiger partial charge in [-0.3, -0.25) is 14.4 Å². The van der Waals surface area contributed by atoms with Crippen molar-refractivity contribution in [3.63, 3.8) is 0 Å². The lowest BCUT2D eigenvalue weighted by molar-refractivity contribution is -0.131. The van der Waals surface area contributed by atoms with Gasteiger partial charge in [-0.2, -0.15) is 0 Å². The number of aromatic nitrogens is 3. The number of aromatic amines is 1. The third-order valence-corrected chi connectivity index (χ3v) is 14.1. The number of amides is 3. The summed E-state index contributed by atoms with van der Waals surface area (Å²) in [6.07, 6.45) is 6.88. The second-order valence-electron chi connectivity index (χ2n) is 16.9. The summed E-state index contributed by atoms with van der Waals surface area (Å²) in [5.41, 5.74) is 1.67. The van der Waals surface area contributed by atoms with E-state index < -0.39 is 51.3 Å². The van der Waals surface area contributed by atoms with Crippen molar-refractivity contribution in [3.8, 4) is 22.9 Å². The van der Waals surface area contributed by atoms with Gasteiger partial charge in [-0.1, -0.05) is 48.9 Å². The molecule has 4 atom stereocenters. The summed E-state index contributed by atoms with van der Waals surface area (Å²) in [4.78, 5) is 58.0. The molecule has 0 spiro atoms. The van der Waals surface area contributed by atoms with Crippen molar-refractivity contribution in [2.24, 2.45) is 5.92 Å². The maximum atomic E-state index is 14.8. The first-order chi connectivity index (χ1) is 30.9. The molecule has 0 unspecified atom stereocenters. The predicted molar refractivity (Wildman–Crippen MR) is 247 cm³/mol. The topological polar surface area (TPSA) is 197 Å². The van der Waals surface area contributed by atoms with Crippen LogP contribution in [-0.4, -0.2) is 89.9 Å². The molecule has 6 aromatic rings. The molecular formula is C47H50N8O7S2. The number of hydrogen-bond acceptors (Lipinski definition) is 12. The smallest absolute Gasteiger partial charge is 0.271 e. The lowest BCUT2D eigenvalue weighted by Crippen LogP contribution is -2.56. The number of benzene rings is 3. The predicted octanol–water partition coefficient (Wildman–Crippen LogP) is 7.25. The molecule has 9 rings (SSSR count). The monoisotopic (exact) mass is 902 g/mol. The molecule has 2 aliphatic heterocycles. The molecule has 0 bridgehead atoms. The highest BCUT2D eigenvalue weighted by molar-refractivity contribution is 7.90. The van der Waals surface area contributed by atoms with Gasteiger partial charge in [0.2, 0.25) is 5.91 Å². The number of carbonyl (C=O) groups excluding carboxylic acids is 3. The molecule has 5 N–H and O–H groups in total. The standard InChI is InChI=1S/C47H50N8O7S2/c1-28(2)49-46-52-39(27-63-46)37-24-41(33-19-18-31(61-3)22-36(33)51-37)62-32-23-40(55(26-32)44(57)38-21-29-13-8-9-15-34(29)50-38)43(56)53-47-25-30(47)14-7-5-4-6-12-20-48-35-16-10-11-17-42(35)64(59,60)54-45(47)58/h7-11,13-19,21-22,24,27-28,30,32,40,48,50H,4-6,12,20,23,25-26H2,1-3H3,(H,49,52)(H,53,56)(H,54,58)/t30-,32-,40+,47-/m1/s1. The van der Waals surface area contributed by atoms with Gasteiger partial charge in [0, 0.05) is 58.7 Å². The van der Waals surface area contributed by atoms with Gasteiger partial charge >= 0.3 is 0 Å². The second kappa shape index (κ2) is 17.6. The fourth-order valence-electron chi connectivity index (χ4n) is 8.56. The Morgan fingerprint density at radius 1 is 0.984 bits per heavy atom. The van der Waals surface area contributed by atoms with Gasteiger partial charge in [-0.25, -0.2) is 23.1 Å². The zero-order valence-corrected chi connectivity index (χ0v) is 37.4. The Morgan fingerprint density at radius 3 is 2.64 bits per heavy atom. The first kappa shape index (κ1) is 42.8. The minimum Gasteiger partial charge on any atom is -0.497 e. The van der Waals surface area contributed by atoms with Gasteiger partial charge in [0.25, 0.3) is 21.8 Å². The molecule has 3 amide bonds. The minimum absolute atomic E-state index is 0.0292. The van der Waals surface area contributed by atoms with Crippen molar-refractivity contribution in [2.45, 2.75) is 81.0 Å². The summed E-state index contributed by atoms with van der Waals surface area (Å²) in [6.45, 7) is 4.68.